The van der Waals surface area contributed by atoms with Crippen LogP contribution in [-0.2, 0) is 6.54 Å². The van der Waals surface area contributed by atoms with Crippen LogP contribution < -0.4 is 16.2 Å². The van der Waals surface area contributed by atoms with E-state index in [9.17, 15) is 0 Å². The Morgan fingerprint density at radius 1 is 1.35 bits per heavy atom. The Morgan fingerprint density at radius 3 is 2.91 bits per heavy atom. The third-order valence-electron chi connectivity index (χ3n) is 4.36. The highest BCUT2D eigenvalue weighted by Gasteiger charge is 2.21. The van der Waals surface area contributed by atoms with Gasteiger partial charge in [0.15, 0.2) is 0 Å². The standard InChI is InChI=1S/C18H26N4S/c1-12-6-4-5-7-17(12)18-20-11-16(23-18)10-19-13(2)8-15-9-14(3)21-22-15/h4-7,11,13-15,19,21-22H,8-10H2,1-3H3. The van der Waals surface area contributed by atoms with Gasteiger partial charge in [-0.25, -0.2) is 4.98 Å². The van der Waals surface area contributed by atoms with Crippen molar-refractivity contribution in [2.75, 3.05) is 0 Å². The van der Waals surface area contributed by atoms with Gasteiger partial charge in [0.1, 0.15) is 5.01 Å². The molecule has 2 heterocycles. The van der Waals surface area contributed by atoms with E-state index in [0.29, 0.717) is 18.1 Å². The third kappa shape index (κ3) is 4.38. The molecule has 3 atom stereocenters. The maximum Gasteiger partial charge on any atom is 0.123 e. The van der Waals surface area contributed by atoms with E-state index in [4.69, 9.17) is 0 Å². The highest BCUT2D eigenvalue weighted by Crippen LogP contribution is 2.27. The molecule has 1 saturated heterocycles. The minimum Gasteiger partial charge on any atom is -0.309 e. The van der Waals surface area contributed by atoms with Gasteiger partial charge in [0.2, 0.25) is 0 Å². The molecule has 1 fully saturated rings. The molecule has 23 heavy (non-hydrogen) atoms. The summed E-state index contributed by atoms with van der Waals surface area (Å²) in [6.07, 6.45) is 4.34. The van der Waals surface area contributed by atoms with E-state index in [1.54, 1.807) is 11.3 Å². The summed E-state index contributed by atoms with van der Waals surface area (Å²) in [7, 11) is 0. The van der Waals surface area contributed by atoms with Crippen molar-refractivity contribution in [1.29, 1.82) is 0 Å². The van der Waals surface area contributed by atoms with Crippen LogP contribution >= 0.6 is 11.3 Å². The lowest BCUT2D eigenvalue weighted by Crippen LogP contribution is -2.37. The molecule has 0 spiro atoms. The first-order chi connectivity index (χ1) is 11.1. The highest BCUT2D eigenvalue weighted by molar-refractivity contribution is 7.15. The van der Waals surface area contributed by atoms with E-state index in [1.807, 2.05) is 6.20 Å². The number of hydrogen-bond donors (Lipinski definition) is 3. The van der Waals surface area contributed by atoms with Crippen molar-refractivity contribution in [2.24, 2.45) is 0 Å². The zero-order valence-electron chi connectivity index (χ0n) is 14.1. The molecule has 5 heteroatoms. The van der Waals surface area contributed by atoms with Crippen LogP contribution in [0.25, 0.3) is 10.6 Å². The van der Waals surface area contributed by atoms with Gasteiger partial charge in [0.05, 0.1) is 0 Å². The van der Waals surface area contributed by atoms with Crippen molar-refractivity contribution >= 4 is 11.3 Å². The van der Waals surface area contributed by atoms with E-state index < -0.39 is 0 Å². The first-order valence-electron chi connectivity index (χ1n) is 8.37. The Hall–Kier alpha value is -1.27. The summed E-state index contributed by atoms with van der Waals surface area (Å²) in [5, 5.41) is 4.74. The molecule has 0 saturated carbocycles. The van der Waals surface area contributed by atoms with Gasteiger partial charge >= 0.3 is 0 Å². The Morgan fingerprint density at radius 2 is 2.17 bits per heavy atom. The molecule has 0 amide bonds. The third-order valence-corrected chi connectivity index (χ3v) is 5.39. The number of rotatable bonds is 6. The molecule has 1 aliphatic rings. The lowest BCUT2D eigenvalue weighted by atomic mass is 10.0. The summed E-state index contributed by atoms with van der Waals surface area (Å²) in [4.78, 5) is 5.89. The van der Waals surface area contributed by atoms with E-state index in [1.165, 1.54) is 22.4 Å². The maximum absolute atomic E-state index is 4.59. The quantitative estimate of drug-likeness (QED) is 0.761. The predicted octanol–water partition coefficient (Wildman–Crippen LogP) is 3.24. The lowest BCUT2D eigenvalue weighted by molar-refractivity contribution is 0.428. The van der Waals surface area contributed by atoms with Crippen LogP contribution in [0.4, 0.5) is 0 Å². The minimum absolute atomic E-state index is 0.489. The smallest absolute Gasteiger partial charge is 0.123 e. The summed E-state index contributed by atoms with van der Waals surface area (Å²) < 4.78 is 0. The number of thiazole rings is 1. The molecule has 2 aromatic rings. The molecule has 0 radical (unpaired) electrons. The highest BCUT2D eigenvalue weighted by atomic mass is 32.1. The number of nitrogens with zero attached hydrogens (tertiary/aromatic N) is 1. The van der Waals surface area contributed by atoms with Crippen molar-refractivity contribution in [1.82, 2.24) is 21.2 Å². The largest absolute Gasteiger partial charge is 0.309 e. The Kier molecular flexibility index (Phi) is 5.43. The monoisotopic (exact) mass is 330 g/mol. The molecule has 1 aromatic heterocycles. The van der Waals surface area contributed by atoms with Crippen LogP contribution in [0.5, 0.6) is 0 Å². The number of benzene rings is 1. The number of nitrogens with one attached hydrogen (secondary N) is 3. The van der Waals surface area contributed by atoms with Gasteiger partial charge < -0.3 is 5.32 Å². The van der Waals surface area contributed by atoms with Crippen molar-refractivity contribution < 1.29 is 0 Å². The Balaban J connectivity index is 1.52. The molecule has 3 unspecified atom stereocenters. The summed E-state index contributed by atoms with van der Waals surface area (Å²) >= 11 is 1.78. The molecule has 1 aromatic carbocycles. The number of aryl methyl sites for hydroxylation is 1. The van der Waals surface area contributed by atoms with E-state index in [0.717, 1.165) is 18.0 Å². The molecule has 1 aliphatic heterocycles. The second-order valence-electron chi connectivity index (χ2n) is 6.59. The Bertz CT molecular complexity index is 639. The van der Waals surface area contributed by atoms with E-state index in [-0.39, 0.29) is 0 Å². The zero-order chi connectivity index (χ0) is 16.2. The minimum atomic E-state index is 0.489. The topological polar surface area (TPSA) is 49.0 Å². The average Bonchev–Trinajstić information content (AvgIpc) is 3.15. The van der Waals surface area contributed by atoms with Gasteiger partial charge in [-0.2, -0.15) is 0 Å². The fraction of sp³-hybridized carbons (Fsp3) is 0.500. The second-order valence-corrected chi connectivity index (χ2v) is 7.70. The van der Waals surface area contributed by atoms with Crippen LogP contribution in [0.3, 0.4) is 0 Å². The van der Waals surface area contributed by atoms with Gasteiger partial charge in [-0.15, -0.1) is 11.3 Å². The number of aromatic nitrogens is 1. The Labute approximate surface area is 142 Å². The normalized spacial score (nSPS) is 22.4. The summed E-state index contributed by atoms with van der Waals surface area (Å²) in [6.45, 7) is 7.50. The van der Waals surface area contributed by atoms with Crippen LogP contribution in [0.15, 0.2) is 30.5 Å². The average molecular weight is 331 g/mol. The second kappa shape index (κ2) is 7.53. The maximum atomic E-state index is 4.59. The first kappa shape index (κ1) is 16.6. The molecule has 4 nitrogen and oxygen atoms in total. The van der Waals surface area contributed by atoms with Gasteiger partial charge in [0.25, 0.3) is 0 Å². The number of hydrazine groups is 1. The summed E-state index contributed by atoms with van der Waals surface area (Å²) in [6, 6.07) is 10.1. The SMILES string of the molecule is Cc1ccccc1-c1ncc(CNC(C)CC2CC(C)NN2)s1. The fourth-order valence-corrected chi connectivity index (χ4v) is 4.03. The molecule has 3 rings (SSSR count). The van der Waals surface area contributed by atoms with E-state index >= 15 is 0 Å². The van der Waals surface area contributed by atoms with Crippen LogP contribution in [0.2, 0.25) is 0 Å². The van der Waals surface area contributed by atoms with Gasteiger partial charge in [-0.05, 0) is 39.2 Å². The van der Waals surface area contributed by atoms with Crippen LogP contribution in [-0.4, -0.2) is 23.1 Å². The van der Waals surface area contributed by atoms with Crippen LogP contribution in [0.1, 0.15) is 37.1 Å². The van der Waals surface area contributed by atoms with Gasteiger partial charge in [-0.3, -0.25) is 10.9 Å². The van der Waals surface area contributed by atoms with Crippen molar-refractivity contribution in [3.63, 3.8) is 0 Å². The number of hydrogen-bond acceptors (Lipinski definition) is 5. The van der Waals surface area contributed by atoms with Crippen molar-refractivity contribution in [2.45, 2.75) is 58.3 Å². The van der Waals surface area contributed by atoms with Crippen molar-refractivity contribution in [3.8, 4) is 10.6 Å². The fourth-order valence-electron chi connectivity index (χ4n) is 3.07. The first-order valence-corrected chi connectivity index (χ1v) is 9.18. The van der Waals surface area contributed by atoms with Crippen molar-refractivity contribution in [3.05, 3.63) is 40.9 Å². The van der Waals surface area contributed by atoms with E-state index in [2.05, 4.69) is 66.2 Å². The molecular weight excluding hydrogens is 304 g/mol. The van der Waals surface area contributed by atoms with Gasteiger partial charge in [0, 0.05) is 41.3 Å². The summed E-state index contributed by atoms with van der Waals surface area (Å²) in [5.41, 5.74) is 9.18. The zero-order valence-corrected chi connectivity index (χ0v) is 14.9. The van der Waals surface area contributed by atoms with Crippen LogP contribution in [0, 0.1) is 6.92 Å². The molecule has 0 bridgehead atoms. The summed E-state index contributed by atoms with van der Waals surface area (Å²) in [5.74, 6) is 0. The van der Waals surface area contributed by atoms with Gasteiger partial charge in [-0.1, -0.05) is 24.3 Å². The molecule has 124 valence electrons. The molecule has 0 aliphatic carbocycles. The predicted molar refractivity (Wildman–Crippen MR) is 97.3 cm³/mol. The lowest BCUT2D eigenvalue weighted by Gasteiger charge is -2.17. The molecule has 3 N–H and O–H groups in total. The molecular formula is C18H26N4S.